The molecule has 0 spiro atoms. The summed E-state index contributed by atoms with van der Waals surface area (Å²) >= 11 is 4.37. The quantitative estimate of drug-likeness (QED) is 0.579. The largest absolute Gasteiger partial charge is 0.394 e. The Balaban J connectivity index is 2.76. The molecule has 0 aromatic heterocycles. The van der Waals surface area contributed by atoms with Crippen molar-refractivity contribution in [3.05, 3.63) is 0 Å². The minimum atomic E-state index is -3.78. The summed E-state index contributed by atoms with van der Waals surface area (Å²) in [4.78, 5) is 18.1. The number of aliphatic hydroxyl groups excluding tert-OH is 1. The van der Waals surface area contributed by atoms with Crippen molar-refractivity contribution >= 4 is 18.5 Å². The van der Waals surface area contributed by atoms with Gasteiger partial charge in [-0.3, -0.25) is 4.52 Å². The van der Waals surface area contributed by atoms with Gasteiger partial charge in [0, 0.05) is 7.11 Å². The van der Waals surface area contributed by atoms with Crippen LogP contribution < -0.4 is 0 Å². The number of hydrogen-bond donors (Lipinski definition) is 3. The van der Waals surface area contributed by atoms with Gasteiger partial charge in [-0.1, -0.05) is 0 Å². The first-order valence-corrected chi connectivity index (χ1v) is 7.04. The van der Waals surface area contributed by atoms with Gasteiger partial charge >= 0.3 is 6.72 Å². The van der Waals surface area contributed by atoms with Gasteiger partial charge in [-0.15, -0.1) is 0 Å². The maximum Gasteiger partial charge on any atom is 0.322 e. The number of hydrogen-bond acceptors (Lipinski definition) is 5. The lowest BCUT2D eigenvalue weighted by molar-refractivity contribution is -0.0135. The van der Waals surface area contributed by atoms with Crippen molar-refractivity contribution in [1.29, 1.82) is 0 Å². The third-order valence-electron chi connectivity index (χ3n) is 2.25. The molecule has 0 saturated carbocycles. The van der Waals surface area contributed by atoms with Crippen LogP contribution >= 0.6 is 6.72 Å². The third kappa shape index (κ3) is 3.44. The van der Waals surface area contributed by atoms with Crippen molar-refractivity contribution in [3.8, 4) is 0 Å². The molecule has 6 nitrogen and oxygen atoms in total. The summed E-state index contributed by atoms with van der Waals surface area (Å²) in [6.45, 7) is -2.32. The molecule has 1 aliphatic rings. The van der Waals surface area contributed by atoms with Gasteiger partial charge in [0.05, 0.1) is 12.7 Å². The molecule has 90 valence electrons. The van der Waals surface area contributed by atoms with E-state index in [-0.39, 0.29) is 12.7 Å². The lowest BCUT2D eigenvalue weighted by atomic mass is 10.1. The minimum Gasteiger partial charge on any atom is -0.394 e. The van der Waals surface area contributed by atoms with Gasteiger partial charge in [-0.2, -0.15) is 0 Å². The monoisotopic (exact) mass is 258 g/mol. The molecule has 0 bridgehead atoms. The number of rotatable bonds is 4. The van der Waals surface area contributed by atoms with Gasteiger partial charge in [0.1, 0.15) is 18.3 Å². The summed E-state index contributed by atoms with van der Waals surface area (Å²) < 4.78 is 15.3. The van der Waals surface area contributed by atoms with Gasteiger partial charge in [0.2, 0.25) is 0 Å². The minimum absolute atomic E-state index is 0.287. The summed E-state index contributed by atoms with van der Waals surface area (Å²) in [6.07, 6.45) is -2.16. The van der Waals surface area contributed by atoms with Crippen LogP contribution in [0.3, 0.4) is 0 Å². The zero-order valence-corrected chi connectivity index (χ0v) is 10.1. The highest BCUT2D eigenvalue weighted by molar-refractivity contribution is 8.06. The van der Waals surface area contributed by atoms with Crippen molar-refractivity contribution in [2.45, 2.75) is 31.3 Å². The zero-order valence-electron chi connectivity index (χ0n) is 8.44. The smallest absolute Gasteiger partial charge is 0.322 e. The van der Waals surface area contributed by atoms with E-state index in [2.05, 4.69) is 11.8 Å². The Kier molecular flexibility index (Phi) is 4.64. The van der Waals surface area contributed by atoms with Gasteiger partial charge in [-0.25, -0.2) is 0 Å². The lowest BCUT2D eigenvalue weighted by Gasteiger charge is -2.23. The van der Waals surface area contributed by atoms with Crippen LogP contribution in [0.15, 0.2) is 0 Å². The van der Waals surface area contributed by atoms with Crippen molar-refractivity contribution in [2.75, 3.05) is 13.7 Å². The second-order valence-electron chi connectivity index (χ2n) is 3.32. The summed E-state index contributed by atoms with van der Waals surface area (Å²) in [6, 6.07) is 0. The average molecular weight is 258 g/mol. The van der Waals surface area contributed by atoms with Crippen LogP contribution in [0.5, 0.6) is 0 Å². The molecular weight excluding hydrogens is 243 g/mol. The molecule has 0 aromatic rings. The predicted octanol–water partition coefficient (Wildman–Crippen LogP) is -0.625. The Labute approximate surface area is 93.0 Å². The summed E-state index contributed by atoms with van der Waals surface area (Å²) in [7, 11) is 1.46. The van der Waals surface area contributed by atoms with E-state index < -0.39 is 25.0 Å². The van der Waals surface area contributed by atoms with Gasteiger partial charge in [0.15, 0.2) is 0 Å². The molecule has 4 atom stereocenters. The van der Waals surface area contributed by atoms with Gasteiger partial charge in [-0.05, 0) is 18.7 Å². The molecule has 8 heteroatoms. The molecule has 0 aliphatic carbocycles. The zero-order chi connectivity index (χ0) is 11.6. The van der Waals surface area contributed by atoms with Crippen LogP contribution in [0.1, 0.15) is 6.92 Å². The van der Waals surface area contributed by atoms with Crippen molar-refractivity contribution < 1.29 is 28.9 Å². The standard InChI is InChI=1S/C7H15O6PS/c1-4-6(11-2)7(5(3-8)12-4)13-14(9,10)15/h4-8H,3H2,1-2H3,(H2,9,10,15)/t4-,5+,6+,7?/m0/s1. The molecule has 1 heterocycles. The molecule has 0 aromatic carbocycles. The van der Waals surface area contributed by atoms with Gasteiger partial charge in [0.25, 0.3) is 0 Å². The number of methoxy groups -OCH3 is 1. The Morgan fingerprint density at radius 2 is 2.00 bits per heavy atom. The fourth-order valence-electron chi connectivity index (χ4n) is 1.67. The van der Waals surface area contributed by atoms with E-state index in [1.165, 1.54) is 7.11 Å². The highest BCUT2D eigenvalue weighted by atomic mass is 32.5. The van der Waals surface area contributed by atoms with Crippen LogP contribution in [-0.4, -0.2) is 53.0 Å². The third-order valence-corrected chi connectivity index (χ3v) is 3.03. The highest BCUT2D eigenvalue weighted by Gasteiger charge is 2.45. The van der Waals surface area contributed by atoms with Crippen LogP contribution in [0.2, 0.25) is 0 Å². The second-order valence-corrected chi connectivity index (χ2v) is 5.94. The molecule has 0 amide bonds. The second kappa shape index (κ2) is 5.16. The maximum atomic E-state index is 9.06. The Morgan fingerprint density at radius 3 is 2.40 bits per heavy atom. The summed E-state index contributed by atoms with van der Waals surface area (Å²) in [5.41, 5.74) is 0. The normalized spacial score (nSPS) is 37.1. The first-order chi connectivity index (χ1) is 6.89. The van der Waals surface area contributed by atoms with Gasteiger partial charge < -0.3 is 24.4 Å². The first kappa shape index (κ1) is 13.5. The van der Waals surface area contributed by atoms with E-state index in [1.54, 1.807) is 6.92 Å². The first-order valence-electron chi connectivity index (χ1n) is 4.42. The Hall–Kier alpha value is 0.410. The van der Waals surface area contributed by atoms with Crippen LogP contribution in [0, 0.1) is 0 Å². The molecule has 1 rings (SSSR count). The van der Waals surface area contributed by atoms with E-state index >= 15 is 0 Å². The Bertz CT molecular complexity index is 256. The molecule has 0 radical (unpaired) electrons. The number of ether oxygens (including phenoxy) is 2. The summed E-state index contributed by atoms with van der Waals surface area (Å²) in [5.74, 6) is 0. The van der Waals surface area contributed by atoms with E-state index in [4.69, 9.17) is 28.9 Å². The molecule has 1 aliphatic heterocycles. The average Bonchev–Trinajstić information content (AvgIpc) is 2.39. The van der Waals surface area contributed by atoms with Crippen LogP contribution in [-0.2, 0) is 25.8 Å². The van der Waals surface area contributed by atoms with Crippen molar-refractivity contribution in [3.63, 3.8) is 0 Å². The van der Waals surface area contributed by atoms with E-state index in [0.29, 0.717) is 0 Å². The highest BCUT2D eigenvalue weighted by Crippen LogP contribution is 2.42. The van der Waals surface area contributed by atoms with E-state index in [9.17, 15) is 0 Å². The maximum absolute atomic E-state index is 9.06. The van der Waals surface area contributed by atoms with Crippen molar-refractivity contribution in [2.24, 2.45) is 0 Å². The molecule has 1 unspecified atom stereocenters. The SMILES string of the molecule is CO[C@H]1C(OP(O)(O)=S)[C@@H](CO)O[C@H]1C. The van der Waals surface area contributed by atoms with E-state index in [0.717, 1.165) is 0 Å². The van der Waals surface area contributed by atoms with Crippen molar-refractivity contribution in [1.82, 2.24) is 0 Å². The molecule has 1 saturated heterocycles. The summed E-state index contributed by atoms with van der Waals surface area (Å²) in [5, 5.41) is 9.02. The van der Waals surface area contributed by atoms with Crippen LogP contribution in [0.25, 0.3) is 0 Å². The fraction of sp³-hybridized carbons (Fsp3) is 1.00. The topological polar surface area (TPSA) is 88.4 Å². The molecule has 1 fully saturated rings. The number of aliphatic hydroxyl groups is 1. The molecule has 15 heavy (non-hydrogen) atoms. The van der Waals surface area contributed by atoms with Crippen LogP contribution in [0.4, 0.5) is 0 Å². The fourth-order valence-corrected chi connectivity index (χ4v) is 2.54. The molecule has 3 N–H and O–H groups in total. The molecular formula is C7H15O6PS. The lowest BCUT2D eigenvalue weighted by Crippen LogP contribution is -2.36. The Morgan fingerprint density at radius 1 is 1.40 bits per heavy atom. The van der Waals surface area contributed by atoms with E-state index in [1.807, 2.05) is 0 Å². The predicted molar refractivity (Wildman–Crippen MR) is 55.8 cm³/mol.